The molecule has 4 rings (SSSR count). The average molecular weight is 481 g/mol. The molecule has 0 saturated heterocycles. The highest BCUT2D eigenvalue weighted by atomic mass is 19.4. The zero-order chi connectivity index (χ0) is 24.7. The van der Waals surface area contributed by atoms with Gasteiger partial charge in [-0.05, 0) is 30.3 Å². The van der Waals surface area contributed by atoms with Crippen LogP contribution in [0.15, 0.2) is 60.0 Å². The van der Waals surface area contributed by atoms with Crippen LogP contribution in [-0.2, 0) is 12.7 Å². The molecule has 0 saturated carbocycles. The van der Waals surface area contributed by atoms with Gasteiger partial charge in [-0.1, -0.05) is 0 Å². The summed E-state index contributed by atoms with van der Waals surface area (Å²) in [6, 6.07) is 6.23. The van der Waals surface area contributed by atoms with Crippen molar-refractivity contribution < 1.29 is 31.4 Å². The molecule has 0 fully saturated rings. The summed E-state index contributed by atoms with van der Waals surface area (Å²) in [7, 11) is 0. The number of alkyl halides is 6. The van der Waals surface area contributed by atoms with E-state index < -0.39 is 36.3 Å². The van der Waals surface area contributed by atoms with Gasteiger partial charge in [0.05, 0.1) is 29.6 Å². The minimum Gasteiger partial charge on any atom is -0.382 e. The number of aromatic nitrogens is 5. The van der Waals surface area contributed by atoms with Gasteiger partial charge in [0.2, 0.25) is 0 Å². The van der Waals surface area contributed by atoms with Crippen LogP contribution < -0.4 is 5.56 Å². The van der Waals surface area contributed by atoms with Crippen LogP contribution in [0.2, 0.25) is 0 Å². The van der Waals surface area contributed by atoms with Crippen LogP contribution in [0.3, 0.4) is 0 Å². The van der Waals surface area contributed by atoms with Crippen LogP contribution in [0.25, 0.3) is 33.4 Å². The molecular weight excluding hydrogens is 468 g/mol. The van der Waals surface area contributed by atoms with E-state index in [0.29, 0.717) is 10.1 Å². The molecule has 7 nitrogen and oxygen atoms in total. The van der Waals surface area contributed by atoms with Crippen LogP contribution >= 0.6 is 0 Å². The Kier molecular flexibility index (Phi) is 5.81. The summed E-state index contributed by atoms with van der Waals surface area (Å²) >= 11 is 0. The molecule has 0 aliphatic heterocycles. The summed E-state index contributed by atoms with van der Waals surface area (Å²) in [4.78, 5) is 28.8. The van der Waals surface area contributed by atoms with Gasteiger partial charge in [0, 0.05) is 29.7 Å². The molecule has 13 heteroatoms. The SMILES string of the molecule is O=c1c2cc(-c3ccc(C(F)(F)F)nc3)nc(-c3cccnc3)c2ncn1C[C@@H](O)C(F)(F)F. The van der Waals surface area contributed by atoms with Crippen LogP contribution in [0.5, 0.6) is 0 Å². The Morgan fingerprint density at radius 2 is 1.76 bits per heavy atom. The fraction of sp³-hybridized carbons (Fsp3) is 0.190. The first-order valence-corrected chi connectivity index (χ1v) is 9.54. The lowest BCUT2D eigenvalue weighted by Crippen LogP contribution is -2.36. The molecule has 0 spiro atoms. The van der Waals surface area contributed by atoms with Crippen LogP contribution in [0, 0.1) is 0 Å². The number of nitrogens with zero attached hydrogens (tertiary/aromatic N) is 5. The normalized spacial score (nSPS) is 13.3. The van der Waals surface area contributed by atoms with Crippen molar-refractivity contribution in [2.45, 2.75) is 25.0 Å². The summed E-state index contributed by atoms with van der Waals surface area (Å²) in [5.41, 5.74) is -1.27. The van der Waals surface area contributed by atoms with Crippen molar-refractivity contribution in [2.24, 2.45) is 0 Å². The highest BCUT2D eigenvalue weighted by Crippen LogP contribution is 2.31. The predicted molar refractivity (Wildman–Crippen MR) is 107 cm³/mol. The van der Waals surface area contributed by atoms with E-state index in [1.807, 2.05) is 0 Å². The maximum atomic E-state index is 13.0. The van der Waals surface area contributed by atoms with Gasteiger partial charge in [0.25, 0.3) is 5.56 Å². The Labute approximate surface area is 186 Å². The average Bonchev–Trinajstić information content (AvgIpc) is 2.80. The third-order valence-corrected chi connectivity index (χ3v) is 4.84. The lowest BCUT2D eigenvalue weighted by Gasteiger charge is -2.16. The number of aliphatic hydroxyl groups is 1. The van der Waals surface area contributed by atoms with Crippen LogP contribution in [0.1, 0.15) is 5.69 Å². The summed E-state index contributed by atoms with van der Waals surface area (Å²) in [6.45, 7) is -1.09. The van der Waals surface area contributed by atoms with E-state index in [9.17, 15) is 36.2 Å². The molecule has 0 unspecified atom stereocenters. The van der Waals surface area contributed by atoms with E-state index in [0.717, 1.165) is 24.7 Å². The standard InChI is InChI=1S/C21H13F6N5O2/c22-20(23,24)15-4-3-11(8-29-15)14-6-13-18(17(31-14)12-2-1-5-28-7-12)30-10-32(19(13)34)9-16(33)21(25,26)27/h1-8,10,16,33H,9H2/t16-/m1/s1. The number of aliphatic hydroxyl groups excluding tert-OH is 1. The van der Waals surface area contributed by atoms with E-state index >= 15 is 0 Å². The molecule has 4 aromatic heterocycles. The smallest absolute Gasteiger partial charge is 0.382 e. The topological polar surface area (TPSA) is 93.8 Å². The van der Waals surface area contributed by atoms with E-state index in [1.165, 1.54) is 18.5 Å². The van der Waals surface area contributed by atoms with Crippen molar-refractivity contribution in [1.29, 1.82) is 0 Å². The second-order valence-corrected chi connectivity index (χ2v) is 7.18. The lowest BCUT2D eigenvalue weighted by atomic mass is 10.1. The van der Waals surface area contributed by atoms with Crippen molar-refractivity contribution in [1.82, 2.24) is 24.5 Å². The third-order valence-electron chi connectivity index (χ3n) is 4.84. The van der Waals surface area contributed by atoms with Crippen molar-refractivity contribution in [3.05, 3.63) is 71.3 Å². The van der Waals surface area contributed by atoms with Gasteiger partial charge >= 0.3 is 12.4 Å². The van der Waals surface area contributed by atoms with E-state index in [1.54, 1.807) is 12.1 Å². The van der Waals surface area contributed by atoms with Gasteiger partial charge in [-0.3, -0.25) is 19.3 Å². The molecule has 0 aromatic carbocycles. The number of halogens is 6. The molecule has 0 radical (unpaired) electrons. The van der Waals surface area contributed by atoms with Crippen molar-refractivity contribution in [3.8, 4) is 22.5 Å². The maximum absolute atomic E-state index is 13.0. The van der Waals surface area contributed by atoms with E-state index in [-0.39, 0.29) is 27.9 Å². The molecule has 1 atom stereocenters. The Hall–Kier alpha value is -3.87. The first-order valence-electron chi connectivity index (χ1n) is 9.54. The monoisotopic (exact) mass is 481 g/mol. The number of hydrogen-bond donors (Lipinski definition) is 1. The van der Waals surface area contributed by atoms with Gasteiger partial charge in [-0.2, -0.15) is 26.3 Å². The molecule has 4 heterocycles. The van der Waals surface area contributed by atoms with Gasteiger partial charge in [0.15, 0.2) is 6.10 Å². The molecular formula is C21H13F6N5O2. The van der Waals surface area contributed by atoms with E-state index in [2.05, 4.69) is 19.9 Å². The molecule has 0 bridgehead atoms. The molecule has 4 aromatic rings. The molecule has 0 aliphatic rings. The van der Waals surface area contributed by atoms with E-state index in [4.69, 9.17) is 0 Å². The summed E-state index contributed by atoms with van der Waals surface area (Å²) in [5, 5.41) is 9.21. The first kappa shape index (κ1) is 23.3. The maximum Gasteiger partial charge on any atom is 0.433 e. The quantitative estimate of drug-likeness (QED) is 0.445. The largest absolute Gasteiger partial charge is 0.433 e. The van der Waals surface area contributed by atoms with Crippen molar-refractivity contribution >= 4 is 10.9 Å². The highest BCUT2D eigenvalue weighted by molar-refractivity contribution is 5.93. The molecule has 0 aliphatic carbocycles. The summed E-state index contributed by atoms with van der Waals surface area (Å²) in [6.07, 6.45) is -7.74. The number of rotatable bonds is 4. The number of hydrogen-bond acceptors (Lipinski definition) is 6. The third kappa shape index (κ3) is 4.59. The Balaban J connectivity index is 1.91. The summed E-state index contributed by atoms with van der Waals surface area (Å²) < 4.78 is 77.5. The van der Waals surface area contributed by atoms with Crippen LogP contribution in [0.4, 0.5) is 26.3 Å². The van der Waals surface area contributed by atoms with Crippen LogP contribution in [-0.4, -0.2) is 41.9 Å². The second kappa shape index (κ2) is 8.48. The van der Waals surface area contributed by atoms with Gasteiger partial charge in [0.1, 0.15) is 11.2 Å². The number of fused-ring (bicyclic) bond motifs is 1. The zero-order valence-corrected chi connectivity index (χ0v) is 16.8. The number of pyridine rings is 3. The predicted octanol–water partition coefficient (Wildman–Crippen LogP) is 3.86. The van der Waals surface area contributed by atoms with Gasteiger partial charge in [-0.25, -0.2) is 9.97 Å². The lowest BCUT2D eigenvalue weighted by molar-refractivity contribution is -0.207. The fourth-order valence-corrected chi connectivity index (χ4v) is 3.15. The summed E-state index contributed by atoms with van der Waals surface area (Å²) in [5.74, 6) is 0. The zero-order valence-electron chi connectivity index (χ0n) is 16.8. The minimum atomic E-state index is -4.95. The fourth-order valence-electron chi connectivity index (χ4n) is 3.15. The Morgan fingerprint density at radius 1 is 1.00 bits per heavy atom. The Bertz CT molecular complexity index is 1390. The van der Waals surface area contributed by atoms with Crippen molar-refractivity contribution in [3.63, 3.8) is 0 Å². The molecule has 1 N–H and O–H groups in total. The first-order chi connectivity index (χ1) is 15.9. The van der Waals surface area contributed by atoms with Gasteiger partial charge in [-0.15, -0.1) is 0 Å². The molecule has 176 valence electrons. The second-order valence-electron chi connectivity index (χ2n) is 7.18. The highest BCUT2D eigenvalue weighted by Gasteiger charge is 2.38. The van der Waals surface area contributed by atoms with Gasteiger partial charge < -0.3 is 5.11 Å². The Morgan fingerprint density at radius 3 is 2.35 bits per heavy atom. The molecule has 34 heavy (non-hydrogen) atoms. The van der Waals surface area contributed by atoms with Crippen molar-refractivity contribution in [2.75, 3.05) is 0 Å². The molecule has 0 amide bonds. The minimum absolute atomic E-state index is 0.0411.